The van der Waals surface area contributed by atoms with Gasteiger partial charge in [0.2, 0.25) is 10.0 Å². The van der Waals surface area contributed by atoms with Crippen molar-refractivity contribution in [1.29, 1.82) is 0 Å². The maximum absolute atomic E-state index is 11.6. The van der Waals surface area contributed by atoms with Gasteiger partial charge in [-0.1, -0.05) is 0 Å². The van der Waals surface area contributed by atoms with Crippen molar-refractivity contribution in [1.82, 2.24) is 14.3 Å². The van der Waals surface area contributed by atoms with Crippen molar-refractivity contribution in [3.63, 3.8) is 0 Å². The molecule has 0 amide bonds. The second-order valence-corrected chi connectivity index (χ2v) is 6.76. The molecule has 0 aromatic carbocycles. The smallest absolute Gasteiger partial charge is 0.342 e. The van der Waals surface area contributed by atoms with Crippen LogP contribution in [0.3, 0.4) is 0 Å². The monoisotopic (exact) mass is 301 g/mol. The Hall–Kier alpha value is -1.74. The normalized spacial score (nSPS) is 20.8. The second-order valence-electron chi connectivity index (χ2n) is 4.78. The number of hydrogen-bond donors (Lipinski definition) is 2. The molecule has 1 aromatic rings. The first kappa shape index (κ1) is 14.7. The topological polar surface area (TPSA) is 120 Å². The van der Waals surface area contributed by atoms with Gasteiger partial charge in [0.05, 0.1) is 6.26 Å². The average molecular weight is 301 g/mol. The molecule has 0 saturated carbocycles. The fraction of sp³-hybridized carbons (Fsp3) is 0.545. The predicted molar refractivity (Wildman–Crippen MR) is 70.2 cm³/mol. The van der Waals surface area contributed by atoms with E-state index in [1.807, 2.05) is 0 Å². The van der Waals surface area contributed by atoms with Gasteiger partial charge in [-0.2, -0.15) is 0 Å². The lowest BCUT2D eigenvalue weighted by atomic mass is 9.99. The predicted octanol–water partition coefficient (Wildman–Crippen LogP) is -0.393. The minimum atomic E-state index is -3.28. The summed E-state index contributed by atoms with van der Waals surface area (Å²) < 4.78 is 24.4. The number of H-pyrrole nitrogens is 1. The van der Waals surface area contributed by atoms with Crippen molar-refractivity contribution >= 4 is 16.0 Å². The molecule has 2 N–H and O–H groups in total. The zero-order valence-electron chi connectivity index (χ0n) is 10.9. The molecule has 20 heavy (non-hydrogen) atoms. The molecule has 1 aliphatic heterocycles. The van der Waals surface area contributed by atoms with E-state index in [2.05, 4.69) is 9.97 Å². The maximum Gasteiger partial charge on any atom is 0.342 e. The Bertz CT molecular complexity index is 682. The third-order valence-electron chi connectivity index (χ3n) is 3.29. The molecule has 0 aliphatic carbocycles. The molecule has 2 heterocycles. The molecule has 2 rings (SSSR count). The number of nitrogens with zero attached hydrogens (tertiary/aromatic N) is 2. The van der Waals surface area contributed by atoms with Crippen LogP contribution in [-0.2, 0) is 10.0 Å². The number of sulfonamides is 1. The van der Waals surface area contributed by atoms with E-state index in [0.717, 1.165) is 12.5 Å². The third kappa shape index (κ3) is 3.05. The van der Waals surface area contributed by atoms with Gasteiger partial charge in [0, 0.05) is 25.2 Å². The molecule has 0 bridgehead atoms. The zero-order valence-corrected chi connectivity index (χ0v) is 11.7. The van der Waals surface area contributed by atoms with Crippen LogP contribution in [0, 0.1) is 0 Å². The molecule has 1 fully saturated rings. The first-order chi connectivity index (χ1) is 9.29. The number of aromatic nitrogens is 2. The van der Waals surface area contributed by atoms with Crippen LogP contribution >= 0.6 is 0 Å². The van der Waals surface area contributed by atoms with Crippen molar-refractivity contribution < 1.29 is 18.3 Å². The summed E-state index contributed by atoms with van der Waals surface area (Å²) in [7, 11) is -3.28. The molecular formula is C11H15N3O5S. The lowest BCUT2D eigenvalue weighted by Crippen LogP contribution is -2.39. The van der Waals surface area contributed by atoms with Gasteiger partial charge in [0.25, 0.3) is 5.56 Å². The molecule has 9 heteroatoms. The number of carboxylic acids is 1. The molecule has 1 saturated heterocycles. The number of hydrogen-bond acceptors (Lipinski definition) is 5. The van der Waals surface area contributed by atoms with E-state index in [1.165, 1.54) is 4.31 Å². The van der Waals surface area contributed by atoms with Crippen LogP contribution in [0.1, 0.15) is 34.9 Å². The first-order valence-corrected chi connectivity index (χ1v) is 7.91. The molecular weight excluding hydrogens is 286 g/mol. The summed E-state index contributed by atoms with van der Waals surface area (Å²) >= 11 is 0. The van der Waals surface area contributed by atoms with Gasteiger partial charge in [-0.05, 0) is 12.8 Å². The summed E-state index contributed by atoms with van der Waals surface area (Å²) in [6.07, 6.45) is 3.51. The molecule has 0 radical (unpaired) electrons. The fourth-order valence-corrected chi connectivity index (χ4v) is 3.15. The number of carboxylic acid groups (broad SMARTS) is 1. The third-order valence-corrected chi connectivity index (χ3v) is 4.56. The lowest BCUT2D eigenvalue weighted by Gasteiger charge is -2.30. The van der Waals surface area contributed by atoms with Crippen LogP contribution in [0.15, 0.2) is 11.0 Å². The summed E-state index contributed by atoms with van der Waals surface area (Å²) in [6.45, 7) is 0.695. The molecule has 1 aromatic heterocycles. The van der Waals surface area contributed by atoms with Crippen LogP contribution in [0.4, 0.5) is 0 Å². The van der Waals surface area contributed by atoms with E-state index in [9.17, 15) is 18.0 Å². The van der Waals surface area contributed by atoms with Crippen molar-refractivity contribution in [2.45, 2.75) is 18.8 Å². The number of piperidine rings is 1. The van der Waals surface area contributed by atoms with Gasteiger partial charge < -0.3 is 10.1 Å². The van der Waals surface area contributed by atoms with Gasteiger partial charge in [-0.3, -0.25) is 4.79 Å². The second kappa shape index (κ2) is 5.33. The summed E-state index contributed by atoms with van der Waals surface area (Å²) in [5.74, 6) is -1.24. The standard InChI is InChI=1S/C11H15N3O5S/c1-20(18,19)14-4-2-3-7(6-14)9-12-5-8(11(16)17)10(15)13-9/h5,7H,2-4,6H2,1H3,(H,16,17)(H,12,13,15)/t7-/m1/s1. The Labute approximate surface area is 115 Å². The first-order valence-electron chi connectivity index (χ1n) is 6.06. The quantitative estimate of drug-likeness (QED) is 0.784. The molecule has 110 valence electrons. The summed E-state index contributed by atoms with van der Waals surface area (Å²) in [6, 6.07) is 0. The van der Waals surface area contributed by atoms with E-state index >= 15 is 0 Å². The highest BCUT2D eigenvalue weighted by atomic mass is 32.2. The highest BCUT2D eigenvalue weighted by Crippen LogP contribution is 2.25. The van der Waals surface area contributed by atoms with Crippen molar-refractivity contribution in [3.8, 4) is 0 Å². The van der Waals surface area contributed by atoms with E-state index in [4.69, 9.17) is 5.11 Å². The molecule has 0 spiro atoms. The summed E-state index contributed by atoms with van der Waals surface area (Å²) in [5, 5.41) is 8.77. The minimum absolute atomic E-state index is 0.228. The molecule has 1 atom stereocenters. The van der Waals surface area contributed by atoms with E-state index in [0.29, 0.717) is 25.2 Å². The van der Waals surface area contributed by atoms with E-state index in [1.54, 1.807) is 0 Å². The summed E-state index contributed by atoms with van der Waals surface area (Å²) in [5.41, 5.74) is -1.15. The van der Waals surface area contributed by atoms with Gasteiger partial charge >= 0.3 is 5.97 Å². The minimum Gasteiger partial charge on any atom is -0.477 e. The van der Waals surface area contributed by atoms with Gasteiger partial charge in [0.1, 0.15) is 11.4 Å². The number of rotatable bonds is 3. The molecule has 0 unspecified atom stereocenters. The zero-order chi connectivity index (χ0) is 14.9. The van der Waals surface area contributed by atoms with Crippen LogP contribution in [0.5, 0.6) is 0 Å². The Morgan fingerprint density at radius 1 is 1.55 bits per heavy atom. The largest absolute Gasteiger partial charge is 0.477 e. The van der Waals surface area contributed by atoms with Gasteiger partial charge in [-0.15, -0.1) is 0 Å². The van der Waals surface area contributed by atoms with Crippen LogP contribution in [0.25, 0.3) is 0 Å². The van der Waals surface area contributed by atoms with Gasteiger partial charge in [-0.25, -0.2) is 22.5 Å². The van der Waals surface area contributed by atoms with Crippen molar-refractivity contribution in [2.75, 3.05) is 19.3 Å². The van der Waals surface area contributed by atoms with Gasteiger partial charge in [0.15, 0.2) is 0 Å². The fourth-order valence-electron chi connectivity index (χ4n) is 2.24. The van der Waals surface area contributed by atoms with Crippen LogP contribution in [-0.4, -0.2) is 53.1 Å². The Morgan fingerprint density at radius 2 is 2.25 bits per heavy atom. The highest BCUT2D eigenvalue weighted by Gasteiger charge is 2.28. The Morgan fingerprint density at radius 3 is 2.80 bits per heavy atom. The van der Waals surface area contributed by atoms with Crippen molar-refractivity contribution in [2.24, 2.45) is 0 Å². The number of aromatic amines is 1. The number of aromatic carboxylic acids is 1. The highest BCUT2D eigenvalue weighted by molar-refractivity contribution is 7.88. The average Bonchev–Trinajstić information content (AvgIpc) is 2.37. The SMILES string of the molecule is CS(=O)(=O)N1CCC[C@@H](c2ncc(C(=O)O)c(=O)[nH]2)C1. The van der Waals surface area contributed by atoms with E-state index < -0.39 is 27.1 Å². The summed E-state index contributed by atoms with van der Waals surface area (Å²) in [4.78, 5) is 28.7. The van der Waals surface area contributed by atoms with E-state index in [-0.39, 0.29) is 12.5 Å². The lowest BCUT2D eigenvalue weighted by molar-refractivity contribution is 0.0694. The molecule has 8 nitrogen and oxygen atoms in total. The number of carbonyl (C=O) groups is 1. The van der Waals surface area contributed by atoms with Crippen LogP contribution < -0.4 is 5.56 Å². The van der Waals surface area contributed by atoms with Crippen molar-refractivity contribution in [3.05, 3.63) is 27.9 Å². The Kier molecular flexibility index (Phi) is 3.91. The number of nitrogens with one attached hydrogen (secondary N) is 1. The van der Waals surface area contributed by atoms with Crippen LogP contribution in [0.2, 0.25) is 0 Å². The molecule has 1 aliphatic rings. The Balaban J connectivity index is 2.26. The maximum atomic E-state index is 11.6.